The van der Waals surface area contributed by atoms with E-state index in [1.165, 1.54) is 38.5 Å². The van der Waals surface area contributed by atoms with Gasteiger partial charge in [0.15, 0.2) is 6.29 Å². The Hall–Kier alpha value is -0.160. The standard InChI is InChI=1S/C14H30N2O2/c1-14(11-15,10-13(17-2)18-3)16-12-8-6-4-5-7-9-12/h12-13,16H,4-11,15H2,1-3H3. The predicted molar refractivity (Wildman–Crippen MR) is 74.5 cm³/mol. The number of hydrogen-bond acceptors (Lipinski definition) is 4. The summed E-state index contributed by atoms with van der Waals surface area (Å²) in [6.07, 6.45) is 8.53. The largest absolute Gasteiger partial charge is 0.356 e. The lowest BCUT2D eigenvalue weighted by molar-refractivity contribution is -0.118. The van der Waals surface area contributed by atoms with Gasteiger partial charge in [0, 0.05) is 38.8 Å². The third-order valence-electron chi connectivity index (χ3n) is 4.00. The van der Waals surface area contributed by atoms with E-state index in [2.05, 4.69) is 12.2 Å². The van der Waals surface area contributed by atoms with E-state index in [9.17, 15) is 0 Å². The maximum absolute atomic E-state index is 5.95. The van der Waals surface area contributed by atoms with Crippen molar-refractivity contribution in [2.24, 2.45) is 5.73 Å². The Labute approximate surface area is 112 Å². The number of rotatable bonds is 7. The van der Waals surface area contributed by atoms with E-state index in [1.807, 2.05) is 0 Å². The van der Waals surface area contributed by atoms with Crippen LogP contribution in [0.25, 0.3) is 0 Å². The van der Waals surface area contributed by atoms with Crippen LogP contribution in [0.15, 0.2) is 0 Å². The van der Waals surface area contributed by atoms with Crippen LogP contribution in [-0.2, 0) is 9.47 Å². The maximum atomic E-state index is 5.95. The summed E-state index contributed by atoms with van der Waals surface area (Å²) in [5.41, 5.74) is 5.84. The molecule has 1 aliphatic carbocycles. The minimum Gasteiger partial charge on any atom is -0.356 e. The molecule has 0 amide bonds. The van der Waals surface area contributed by atoms with Crippen molar-refractivity contribution in [2.45, 2.75) is 69.7 Å². The van der Waals surface area contributed by atoms with Gasteiger partial charge in [-0.3, -0.25) is 0 Å². The van der Waals surface area contributed by atoms with Gasteiger partial charge in [-0.2, -0.15) is 0 Å². The van der Waals surface area contributed by atoms with E-state index in [0.717, 1.165) is 6.42 Å². The van der Waals surface area contributed by atoms with Gasteiger partial charge < -0.3 is 20.5 Å². The number of ether oxygens (including phenoxy) is 2. The molecule has 4 nitrogen and oxygen atoms in total. The second-order valence-corrected chi connectivity index (χ2v) is 5.70. The average molecular weight is 258 g/mol. The second-order valence-electron chi connectivity index (χ2n) is 5.70. The lowest BCUT2D eigenvalue weighted by Gasteiger charge is -2.36. The predicted octanol–water partition coefficient (Wildman–Crippen LogP) is 2.03. The third kappa shape index (κ3) is 5.22. The van der Waals surface area contributed by atoms with Gasteiger partial charge in [0.25, 0.3) is 0 Å². The fourth-order valence-electron chi connectivity index (χ4n) is 2.75. The lowest BCUT2D eigenvalue weighted by atomic mass is 9.94. The van der Waals surface area contributed by atoms with Crippen molar-refractivity contribution in [2.75, 3.05) is 20.8 Å². The minimum absolute atomic E-state index is 0.105. The Kier molecular flexibility index (Phi) is 7.15. The highest BCUT2D eigenvalue weighted by atomic mass is 16.7. The highest BCUT2D eigenvalue weighted by Gasteiger charge is 2.29. The Morgan fingerprint density at radius 3 is 2.17 bits per heavy atom. The molecule has 0 aliphatic heterocycles. The summed E-state index contributed by atoms with van der Waals surface area (Å²) in [5.74, 6) is 0. The molecule has 4 heteroatoms. The molecule has 0 aromatic carbocycles. The van der Waals surface area contributed by atoms with Crippen molar-refractivity contribution in [3.63, 3.8) is 0 Å². The van der Waals surface area contributed by atoms with Crippen LogP contribution in [0.1, 0.15) is 51.9 Å². The van der Waals surface area contributed by atoms with E-state index in [1.54, 1.807) is 14.2 Å². The van der Waals surface area contributed by atoms with Gasteiger partial charge in [-0.15, -0.1) is 0 Å². The van der Waals surface area contributed by atoms with Gasteiger partial charge in [0.2, 0.25) is 0 Å². The van der Waals surface area contributed by atoms with Crippen LogP contribution >= 0.6 is 0 Å². The van der Waals surface area contributed by atoms with E-state index in [4.69, 9.17) is 15.2 Å². The van der Waals surface area contributed by atoms with Crippen LogP contribution < -0.4 is 11.1 Å². The summed E-state index contributed by atoms with van der Waals surface area (Å²) in [7, 11) is 3.35. The Morgan fingerprint density at radius 1 is 1.17 bits per heavy atom. The Morgan fingerprint density at radius 2 is 1.72 bits per heavy atom. The lowest BCUT2D eigenvalue weighted by Crippen LogP contribution is -2.55. The summed E-state index contributed by atoms with van der Waals surface area (Å²) in [6.45, 7) is 2.77. The monoisotopic (exact) mass is 258 g/mol. The SMILES string of the molecule is COC(CC(C)(CN)NC1CCCCCC1)OC. The van der Waals surface area contributed by atoms with Gasteiger partial charge in [-0.25, -0.2) is 0 Å². The molecular weight excluding hydrogens is 228 g/mol. The number of nitrogens with two attached hydrogens (primary N) is 1. The molecule has 1 saturated carbocycles. The first-order valence-electron chi connectivity index (χ1n) is 7.17. The minimum atomic E-state index is -0.183. The molecule has 0 aromatic heterocycles. The highest BCUT2D eigenvalue weighted by Crippen LogP contribution is 2.22. The molecule has 3 N–H and O–H groups in total. The molecule has 0 spiro atoms. The van der Waals surface area contributed by atoms with Gasteiger partial charge in [0.1, 0.15) is 0 Å². The molecule has 0 aromatic rings. The van der Waals surface area contributed by atoms with Crippen LogP contribution in [0.2, 0.25) is 0 Å². The zero-order chi connectivity index (χ0) is 13.4. The van der Waals surface area contributed by atoms with Gasteiger partial charge in [0.05, 0.1) is 0 Å². The molecule has 1 atom stereocenters. The summed E-state index contributed by atoms with van der Waals surface area (Å²) >= 11 is 0. The molecule has 108 valence electrons. The van der Waals surface area contributed by atoms with Crippen LogP contribution in [0, 0.1) is 0 Å². The molecule has 1 unspecified atom stereocenters. The molecule has 18 heavy (non-hydrogen) atoms. The van der Waals surface area contributed by atoms with E-state index in [-0.39, 0.29) is 11.8 Å². The number of methoxy groups -OCH3 is 2. The Bertz CT molecular complexity index is 214. The molecule has 0 bridgehead atoms. The molecule has 0 radical (unpaired) electrons. The smallest absolute Gasteiger partial charge is 0.158 e. The molecule has 0 heterocycles. The fraction of sp³-hybridized carbons (Fsp3) is 1.00. The van der Waals surface area contributed by atoms with Crippen LogP contribution in [0.3, 0.4) is 0 Å². The van der Waals surface area contributed by atoms with Gasteiger partial charge in [-0.1, -0.05) is 25.7 Å². The van der Waals surface area contributed by atoms with Gasteiger partial charge >= 0.3 is 0 Å². The first-order valence-corrected chi connectivity index (χ1v) is 7.17. The Balaban J connectivity index is 2.51. The molecular formula is C14H30N2O2. The number of hydrogen-bond donors (Lipinski definition) is 2. The zero-order valence-corrected chi connectivity index (χ0v) is 12.2. The van der Waals surface area contributed by atoms with E-state index >= 15 is 0 Å². The van der Waals surface area contributed by atoms with Crippen LogP contribution in [0.4, 0.5) is 0 Å². The average Bonchev–Trinajstić information content (AvgIpc) is 2.64. The van der Waals surface area contributed by atoms with Crippen LogP contribution in [-0.4, -0.2) is 38.6 Å². The summed E-state index contributed by atoms with van der Waals surface area (Å²) in [4.78, 5) is 0. The topological polar surface area (TPSA) is 56.5 Å². The van der Waals surface area contributed by atoms with Crippen molar-refractivity contribution in [1.82, 2.24) is 5.32 Å². The molecule has 1 fully saturated rings. The fourth-order valence-corrected chi connectivity index (χ4v) is 2.75. The van der Waals surface area contributed by atoms with Crippen molar-refractivity contribution in [3.05, 3.63) is 0 Å². The van der Waals surface area contributed by atoms with Gasteiger partial charge in [-0.05, 0) is 19.8 Å². The highest BCUT2D eigenvalue weighted by molar-refractivity contribution is 4.89. The maximum Gasteiger partial charge on any atom is 0.158 e. The second kappa shape index (κ2) is 8.10. The first kappa shape index (κ1) is 15.9. The molecule has 1 rings (SSSR count). The quantitative estimate of drug-likeness (QED) is 0.542. The van der Waals surface area contributed by atoms with E-state index < -0.39 is 0 Å². The first-order chi connectivity index (χ1) is 8.63. The molecule has 0 saturated heterocycles. The summed E-state index contributed by atoms with van der Waals surface area (Å²) in [6, 6.07) is 0.593. The zero-order valence-electron chi connectivity index (χ0n) is 12.2. The third-order valence-corrected chi connectivity index (χ3v) is 4.00. The number of nitrogens with one attached hydrogen (secondary N) is 1. The normalized spacial score (nSPS) is 21.8. The van der Waals surface area contributed by atoms with Crippen molar-refractivity contribution in [3.8, 4) is 0 Å². The summed E-state index contributed by atoms with van der Waals surface area (Å²) < 4.78 is 10.6. The molecule has 1 aliphatic rings. The van der Waals surface area contributed by atoms with Crippen molar-refractivity contribution >= 4 is 0 Å². The van der Waals surface area contributed by atoms with E-state index in [0.29, 0.717) is 12.6 Å². The van der Waals surface area contributed by atoms with Crippen molar-refractivity contribution < 1.29 is 9.47 Å². The van der Waals surface area contributed by atoms with Crippen molar-refractivity contribution in [1.29, 1.82) is 0 Å². The van der Waals surface area contributed by atoms with Crippen LogP contribution in [0.5, 0.6) is 0 Å². The summed E-state index contributed by atoms with van der Waals surface area (Å²) in [5, 5.41) is 3.74.